The number of alkyl carbamates (subject to hydrolysis) is 1. The topological polar surface area (TPSA) is 295 Å². The van der Waals surface area contributed by atoms with E-state index in [9.17, 15) is 52.5 Å². The molecule has 6 rings (SSSR count). The first-order chi connectivity index (χ1) is 37.6. The van der Waals surface area contributed by atoms with Crippen molar-refractivity contribution in [3.63, 3.8) is 0 Å². The summed E-state index contributed by atoms with van der Waals surface area (Å²) < 4.78 is 44.3. The van der Waals surface area contributed by atoms with Crippen LogP contribution in [0.5, 0.6) is 11.5 Å². The zero-order valence-corrected chi connectivity index (χ0v) is 46.6. The van der Waals surface area contributed by atoms with Crippen molar-refractivity contribution in [3.8, 4) is 11.5 Å². The van der Waals surface area contributed by atoms with Crippen molar-refractivity contribution in [1.82, 2.24) is 35.7 Å². The van der Waals surface area contributed by atoms with Gasteiger partial charge in [-0.3, -0.25) is 38.7 Å². The van der Waals surface area contributed by atoms with Gasteiger partial charge in [0.25, 0.3) is 5.91 Å². The quantitative estimate of drug-likeness (QED) is 0.0395. The van der Waals surface area contributed by atoms with Crippen molar-refractivity contribution >= 4 is 68.7 Å². The summed E-state index contributed by atoms with van der Waals surface area (Å²) in [5.41, 5.74) is 3.04. The van der Waals surface area contributed by atoms with Crippen molar-refractivity contribution in [2.45, 2.75) is 112 Å². The van der Waals surface area contributed by atoms with Crippen LogP contribution < -0.4 is 26.2 Å². The molecule has 3 aliphatic heterocycles. The van der Waals surface area contributed by atoms with Gasteiger partial charge in [0.1, 0.15) is 23.1 Å². The molecular formula is C54H74N8O15S2. The molecule has 0 aliphatic carbocycles. The Kier molecular flexibility index (Phi) is 22.8. The van der Waals surface area contributed by atoms with E-state index in [2.05, 4.69) is 21.4 Å². The minimum Gasteiger partial charge on any atom is -0.480 e. The summed E-state index contributed by atoms with van der Waals surface area (Å²) in [6.45, 7) is 6.20. The van der Waals surface area contributed by atoms with Crippen LogP contribution in [-0.4, -0.2) is 192 Å². The summed E-state index contributed by atoms with van der Waals surface area (Å²) in [6, 6.07) is 20.7. The number of para-hydroxylation sites is 1. The highest BCUT2D eigenvalue weighted by Crippen LogP contribution is 2.38. The van der Waals surface area contributed by atoms with E-state index in [1.165, 1.54) is 29.2 Å². The van der Waals surface area contributed by atoms with E-state index in [-0.39, 0.29) is 70.0 Å². The number of carbonyl (C=O) groups excluding carboxylic acids is 3. The lowest BCUT2D eigenvalue weighted by Gasteiger charge is -2.41. The number of piperidine rings is 1. The average molecular weight is 1140 g/mol. The molecule has 3 aromatic rings. The van der Waals surface area contributed by atoms with E-state index in [1.54, 1.807) is 59.7 Å². The molecule has 0 radical (unpaired) electrons. The van der Waals surface area contributed by atoms with Crippen LogP contribution in [0.3, 0.4) is 0 Å². The fourth-order valence-electron chi connectivity index (χ4n) is 9.65. The Bertz CT molecular complexity index is 2650. The van der Waals surface area contributed by atoms with Gasteiger partial charge < -0.3 is 50.4 Å². The van der Waals surface area contributed by atoms with Gasteiger partial charge in [0.2, 0.25) is 5.91 Å². The van der Waals surface area contributed by atoms with Gasteiger partial charge in [0, 0.05) is 77.1 Å². The number of hydroxylamine groups is 1. The number of rotatable bonds is 23. The number of anilines is 1. The fourth-order valence-corrected chi connectivity index (χ4v) is 11.8. The lowest BCUT2D eigenvalue weighted by Crippen LogP contribution is -2.60. The van der Waals surface area contributed by atoms with Gasteiger partial charge in [-0.05, 0) is 138 Å². The van der Waals surface area contributed by atoms with Crippen LogP contribution in [0, 0.1) is 0 Å². The molecule has 23 nitrogen and oxygen atoms in total. The number of benzene rings is 3. The lowest BCUT2D eigenvalue weighted by molar-refractivity contribution is -0.202. The number of likely N-dealkylation sites (tertiary alicyclic amines) is 1. The summed E-state index contributed by atoms with van der Waals surface area (Å²) in [5, 5.41) is 38.2. The van der Waals surface area contributed by atoms with Crippen LogP contribution in [-0.2, 0) is 54.5 Å². The number of thiocarbonyl (C=S) groups is 1. The second-order valence-electron chi connectivity index (χ2n) is 20.8. The highest BCUT2D eigenvalue weighted by atomic mass is 32.2. The van der Waals surface area contributed by atoms with Gasteiger partial charge in [-0.1, -0.05) is 30.3 Å². The highest BCUT2D eigenvalue weighted by Gasteiger charge is 2.54. The monoisotopic (exact) mass is 1140 g/mol. The van der Waals surface area contributed by atoms with E-state index in [0.717, 1.165) is 18.4 Å². The molecule has 25 heteroatoms. The molecule has 3 atom stereocenters. The molecule has 3 aliphatic rings. The maximum atomic E-state index is 14.7. The third-order valence-electron chi connectivity index (χ3n) is 13.7. The molecular weight excluding hydrogens is 1060 g/mol. The highest BCUT2D eigenvalue weighted by molar-refractivity contribution is 7.93. The third kappa shape index (κ3) is 19.1. The average Bonchev–Trinajstić information content (AvgIpc) is 3.53. The maximum absolute atomic E-state index is 14.7. The molecule has 0 aromatic heterocycles. The number of hydrogen-bond donors (Lipinski definition) is 7. The van der Waals surface area contributed by atoms with E-state index < -0.39 is 74.4 Å². The van der Waals surface area contributed by atoms with Gasteiger partial charge in [0.15, 0.2) is 26.0 Å². The summed E-state index contributed by atoms with van der Waals surface area (Å²) in [7, 11) is -4.43. The number of unbranched alkanes of at least 4 members (excludes halogenated alkanes) is 1. The molecule has 0 saturated carbocycles. The maximum Gasteiger partial charge on any atom is 0.408 e. The molecule has 3 heterocycles. The number of amides is 3. The van der Waals surface area contributed by atoms with Crippen LogP contribution in [0.15, 0.2) is 83.8 Å². The predicted octanol–water partition coefficient (Wildman–Crippen LogP) is 4.32. The number of carbonyl (C=O) groups is 6. The molecule has 2 unspecified atom stereocenters. The lowest BCUT2D eigenvalue weighted by atomic mass is 9.94. The van der Waals surface area contributed by atoms with Crippen molar-refractivity contribution in [1.29, 1.82) is 0 Å². The van der Waals surface area contributed by atoms with Gasteiger partial charge in [0.05, 0.1) is 24.5 Å². The molecule has 3 amide bonds. The number of ether oxygens (including phenoxy) is 3. The van der Waals surface area contributed by atoms with E-state index in [4.69, 9.17) is 31.3 Å². The standard InChI is InChI=1S/C54H74N8O15S2/c1-53(2,3)76-52(71)57-44(13-7-9-25-55-51(78)56-39-17-15-38(16-18-39)33-40-34-60(36-46(65)66)29-28-59(35-45(63)64)30-31-62(40)37-47(67)68)49(69)61-26-23-54(24-27-61,50(70)58-77-48-14-8-10-32-74-48)79(72,73)43-21-19-42(20-22-43)75-41-11-5-4-6-12-41/h4-6,11-12,15-22,40,44,48H,7-10,13-14,23-37H2,1-3H3,(H,57,71)(H,58,70)(H,63,64)(H,65,66)(H,67,68)(H2,55,56,78)/t40?,44-,48?/m0/s1. The molecule has 79 heavy (non-hydrogen) atoms. The normalized spacial score (nSPS) is 19.1. The zero-order valence-electron chi connectivity index (χ0n) is 44.9. The van der Waals surface area contributed by atoms with Crippen molar-refractivity contribution in [2.24, 2.45) is 0 Å². The number of nitrogens with one attached hydrogen (secondary N) is 4. The molecule has 3 saturated heterocycles. The molecule has 0 spiro atoms. The second-order valence-corrected chi connectivity index (χ2v) is 23.5. The van der Waals surface area contributed by atoms with Crippen LogP contribution in [0.2, 0.25) is 0 Å². The van der Waals surface area contributed by atoms with E-state index in [1.807, 2.05) is 30.3 Å². The van der Waals surface area contributed by atoms with Gasteiger partial charge in [-0.2, -0.15) is 0 Å². The number of carboxylic acids is 3. The number of sulfone groups is 1. The van der Waals surface area contributed by atoms with E-state index >= 15 is 0 Å². The van der Waals surface area contributed by atoms with Crippen LogP contribution >= 0.6 is 12.2 Å². The van der Waals surface area contributed by atoms with E-state index in [0.29, 0.717) is 80.8 Å². The Hall–Kier alpha value is -6.48. The SMILES string of the molecule is CC(C)(C)OC(=O)N[C@@H](CCCCNC(=S)Nc1ccc(CC2CN(CC(=O)O)CCN(CC(=O)O)CCN2CC(=O)O)cc1)C(=O)N1CCC(C(=O)NOC2CCCCO2)(S(=O)(=O)c2ccc(Oc3ccccc3)cc2)CC1. The molecule has 432 valence electrons. The fraction of sp³-hybridized carbons (Fsp3) is 0.537. The third-order valence-corrected chi connectivity index (χ3v) is 16.5. The number of nitrogens with zero attached hydrogens (tertiary/aromatic N) is 4. The first-order valence-electron chi connectivity index (χ1n) is 26.5. The Labute approximate surface area is 466 Å². The Morgan fingerprint density at radius 3 is 2.05 bits per heavy atom. The Morgan fingerprint density at radius 2 is 1.42 bits per heavy atom. The first kappa shape index (κ1) is 61.7. The van der Waals surface area contributed by atoms with Crippen molar-refractivity contribution in [2.75, 3.05) is 83.9 Å². The summed E-state index contributed by atoms with van der Waals surface area (Å²) >= 11 is 5.58. The van der Waals surface area contributed by atoms with Crippen molar-refractivity contribution in [3.05, 3.63) is 84.4 Å². The number of aliphatic carboxylic acids is 3. The largest absolute Gasteiger partial charge is 0.480 e. The molecule has 3 aromatic carbocycles. The second kappa shape index (κ2) is 29.1. The molecule has 3 fully saturated rings. The Balaban J connectivity index is 1.06. The number of hydrogen-bond acceptors (Lipinski definition) is 16. The first-order valence-corrected chi connectivity index (χ1v) is 28.4. The molecule has 0 bridgehead atoms. The number of carboxylic acid groups (broad SMARTS) is 3. The predicted molar refractivity (Wildman–Crippen MR) is 294 cm³/mol. The van der Waals surface area contributed by atoms with Gasteiger partial charge in [-0.15, -0.1) is 0 Å². The van der Waals surface area contributed by atoms with Gasteiger partial charge >= 0.3 is 24.0 Å². The zero-order chi connectivity index (χ0) is 57.2. The minimum absolute atomic E-state index is 0.120. The summed E-state index contributed by atoms with van der Waals surface area (Å²) in [6.07, 6.45) is 1.56. The Morgan fingerprint density at radius 1 is 0.785 bits per heavy atom. The van der Waals surface area contributed by atoms with Crippen LogP contribution in [0.4, 0.5) is 10.5 Å². The van der Waals surface area contributed by atoms with Crippen molar-refractivity contribution < 1.29 is 71.6 Å². The smallest absolute Gasteiger partial charge is 0.408 e. The summed E-state index contributed by atoms with van der Waals surface area (Å²) in [4.78, 5) is 89.0. The minimum atomic E-state index is -4.43. The molecule has 7 N–H and O–H groups in total. The van der Waals surface area contributed by atoms with Crippen LogP contribution in [0.1, 0.15) is 77.7 Å². The van der Waals surface area contributed by atoms with Gasteiger partial charge in [-0.25, -0.2) is 23.5 Å². The summed E-state index contributed by atoms with van der Waals surface area (Å²) in [5.74, 6) is -3.56. The van der Waals surface area contributed by atoms with Crippen LogP contribution in [0.25, 0.3) is 0 Å².